The van der Waals surface area contributed by atoms with Gasteiger partial charge in [-0.2, -0.15) is 13.2 Å². The number of halogens is 3. The van der Waals surface area contributed by atoms with E-state index in [2.05, 4.69) is 32.1 Å². The minimum absolute atomic E-state index is 0.125. The molecule has 6 nitrogen and oxygen atoms in total. The lowest BCUT2D eigenvalue weighted by Crippen LogP contribution is -2.42. The highest BCUT2D eigenvalue weighted by Crippen LogP contribution is 2.48. The summed E-state index contributed by atoms with van der Waals surface area (Å²) in [6, 6.07) is 5.99. The Morgan fingerprint density at radius 2 is 1.93 bits per heavy atom. The predicted molar refractivity (Wildman–Crippen MR) is 99.9 cm³/mol. The number of hydrogen-bond acceptors (Lipinski definition) is 5. The Bertz CT molecular complexity index is 839. The van der Waals surface area contributed by atoms with Crippen LogP contribution in [0.4, 0.5) is 13.2 Å². The number of aliphatic carboxylic acids is 1. The molecule has 3 N–H and O–H groups in total. The molecule has 0 fully saturated rings. The Morgan fingerprint density at radius 3 is 2.41 bits per heavy atom. The Balaban J connectivity index is 0.000000370. The molecule has 1 aliphatic heterocycles. The van der Waals surface area contributed by atoms with Gasteiger partial charge >= 0.3 is 12.1 Å². The molecule has 160 valence electrons. The van der Waals surface area contributed by atoms with Crippen LogP contribution in [0.3, 0.4) is 0 Å². The zero-order valence-electron chi connectivity index (χ0n) is 16.6. The molecule has 1 aliphatic carbocycles. The fourth-order valence-electron chi connectivity index (χ4n) is 3.27. The Morgan fingerprint density at radius 1 is 1.31 bits per heavy atom. The molecule has 0 saturated carbocycles. The van der Waals surface area contributed by atoms with Crippen molar-refractivity contribution in [3.05, 3.63) is 47.2 Å². The summed E-state index contributed by atoms with van der Waals surface area (Å²) in [6.45, 7) is 4.84. The summed E-state index contributed by atoms with van der Waals surface area (Å²) in [5.41, 5.74) is 7.65. The maximum Gasteiger partial charge on any atom is 0.490 e. The molecule has 1 heterocycles. The number of hydrogen-bond donors (Lipinski definition) is 2. The minimum Gasteiger partial charge on any atom is -0.497 e. The molecule has 1 aromatic rings. The van der Waals surface area contributed by atoms with Gasteiger partial charge in [-0.15, -0.1) is 0 Å². The van der Waals surface area contributed by atoms with Gasteiger partial charge in [0.25, 0.3) is 0 Å². The van der Waals surface area contributed by atoms with E-state index in [1.807, 2.05) is 12.1 Å². The first-order chi connectivity index (χ1) is 13.4. The van der Waals surface area contributed by atoms with E-state index in [1.165, 1.54) is 5.57 Å². The zero-order chi connectivity index (χ0) is 22.0. The van der Waals surface area contributed by atoms with Crippen LogP contribution in [0.15, 0.2) is 41.7 Å². The van der Waals surface area contributed by atoms with E-state index >= 15 is 0 Å². The van der Waals surface area contributed by atoms with Crippen LogP contribution in [-0.4, -0.2) is 43.6 Å². The second-order valence-corrected chi connectivity index (χ2v) is 7.21. The Kier molecular flexibility index (Phi) is 6.34. The second-order valence-electron chi connectivity index (χ2n) is 7.21. The molecule has 0 saturated heterocycles. The Labute approximate surface area is 166 Å². The van der Waals surface area contributed by atoms with E-state index in [1.54, 1.807) is 14.2 Å². The van der Waals surface area contributed by atoms with Gasteiger partial charge in [0.1, 0.15) is 22.9 Å². The predicted octanol–water partition coefficient (Wildman–Crippen LogP) is 3.56. The number of ether oxygens (including phenoxy) is 3. The van der Waals surface area contributed by atoms with Crippen LogP contribution in [0.5, 0.6) is 11.5 Å². The van der Waals surface area contributed by atoms with Crippen molar-refractivity contribution in [3.63, 3.8) is 0 Å². The van der Waals surface area contributed by atoms with Gasteiger partial charge < -0.3 is 25.1 Å². The van der Waals surface area contributed by atoms with Crippen molar-refractivity contribution in [1.29, 1.82) is 0 Å². The van der Waals surface area contributed by atoms with Crippen molar-refractivity contribution >= 4 is 5.97 Å². The maximum atomic E-state index is 10.6. The van der Waals surface area contributed by atoms with Gasteiger partial charge in [-0.25, -0.2) is 4.79 Å². The molecule has 1 aromatic carbocycles. The molecule has 3 rings (SSSR count). The molecular formula is C20H24F3NO5. The smallest absolute Gasteiger partial charge is 0.490 e. The standard InChI is InChI=1S/C18H23NO3.C2HF3O2/c1-17(2)13-6-5-12(20-3)9-15(13)22-16-10-18(11-19,21-4)8-7-14(16)17;3-2(4,5)1(6)7/h5-9H,10-11,19H2,1-4H3;(H,6,7). The third-order valence-corrected chi connectivity index (χ3v) is 5.08. The number of carboxylic acids is 1. The average molecular weight is 415 g/mol. The number of allylic oxidation sites excluding steroid dienone is 2. The maximum absolute atomic E-state index is 10.6. The number of nitrogens with two attached hydrogens (primary N) is 1. The van der Waals surface area contributed by atoms with Crippen molar-refractivity contribution in [2.75, 3.05) is 20.8 Å². The highest BCUT2D eigenvalue weighted by atomic mass is 19.4. The summed E-state index contributed by atoms with van der Waals surface area (Å²) in [6.07, 6.45) is -0.278. The molecule has 0 spiro atoms. The van der Waals surface area contributed by atoms with Crippen molar-refractivity contribution in [2.45, 2.75) is 37.5 Å². The summed E-state index contributed by atoms with van der Waals surface area (Å²) < 4.78 is 48.9. The van der Waals surface area contributed by atoms with Crippen molar-refractivity contribution in [1.82, 2.24) is 0 Å². The van der Waals surface area contributed by atoms with Crippen LogP contribution in [0.1, 0.15) is 25.8 Å². The first-order valence-corrected chi connectivity index (χ1v) is 8.75. The Hall–Kier alpha value is -2.52. The van der Waals surface area contributed by atoms with Gasteiger partial charge in [-0.3, -0.25) is 0 Å². The summed E-state index contributed by atoms with van der Waals surface area (Å²) in [5, 5.41) is 7.12. The third kappa shape index (κ3) is 4.56. The first-order valence-electron chi connectivity index (χ1n) is 8.75. The van der Waals surface area contributed by atoms with Crippen LogP contribution in [0.25, 0.3) is 0 Å². The van der Waals surface area contributed by atoms with Crippen LogP contribution < -0.4 is 15.2 Å². The average Bonchev–Trinajstić information content (AvgIpc) is 2.66. The van der Waals surface area contributed by atoms with Crippen molar-refractivity contribution in [2.24, 2.45) is 5.73 Å². The normalized spacial score (nSPS) is 21.9. The van der Waals surface area contributed by atoms with E-state index < -0.39 is 17.7 Å². The molecule has 29 heavy (non-hydrogen) atoms. The van der Waals surface area contributed by atoms with Gasteiger partial charge in [0.2, 0.25) is 0 Å². The third-order valence-electron chi connectivity index (χ3n) is 5.08. The lowest BCUT2D eigenvalue weighted by atomic mass is 9.72. The van der Waals surface area contributed by atoms with Gasteiger partial charge in [-0.05, 0) is 6.07 Å². The highest BCUT2D eigenvalue weighted by Gasteiger charge is 2.41. The lowest BCUT2D eigenvalue weighted by Gasteiger charge is -2.41. The number of carbonyl (C=O) groups is 1. The van der Waals surface area contributed by atoms with Gasteiger partial charge in [-0.1, -0.05) is 32.1 Å². The largest absolute Gasteiger partial charge is 0.497 e. The van der Waals surface area contributed by atoms with Crippen LogP contribution >= 0.6 is 0 Å². The van der Waals surface area contributed by atoms with Crippen molar-refractivity contribution in [3.8, 4) is 11.5 Å². The monoisotopic (exact) mass is 415 g/mol. The van der Waals surface area contributed by atoms with Crippen molar-refractivity contribution < 1.29 is 37.3 Å². The van der Waals surface area contributed by atoms with Gasteiger partial charge in [0.15, 0.2) is 0 Å². The molecule has 1 unspecified atom stereocenters. The van der Waals surface area contributed by atoms with E-state index in [0.29, 0.717) is 13.0 Å². The second kappa shape index (κ2) is 8.08. The number of benzene rings is 1. The quantitative estimate of drug-likeness (QED) is 0.785. The molecule has 2 aliphatic rings. The fraction of sp³-hybridized carbons (Fsp3) is 0.450. The summed E-state index contributed by atoms with van der Waals surface area (Å²) in [5.74, 6) is -0.185. The van der Waals surface area contributed by atoms with Crippen LogP contribution in [0.2, 0.25) is 0 Å². The molecule has 0 bridgehead atoms. The molecule has 1 atom stereocenters. The summed E-state index contributed by atoms with van der Waals surface area (Å²) in [4.78, 5) is 8.90. The van der Waals surface area contributed by atoms with E-state index in [4.69, 9.17) is 29.8 Å². The molecular weight excluding hydrogens is 391 g/mol. The van der Waals surface area contributed by atoms with E-state index in [-0.39, 0.29) is 5.41 Å². The zero-order valence-corrected chi connectivity index (χ0v) is 16.6. The molecule has 0 aromatic heterocycles. The summed E-state index contributed by atoms with van der Waals surface area (Å²) in [7, 11) is 3.35. The fourth-order valence-corrected chi connectivity index (χ4v) is 3.27. The van der Waals surface area contributed by atoms with Crippen LogP contribution in [0, 0.1) is 0 Å². The topological polar surface area (TPSA) is 91.0 Å². The number of methoxy groups -OCH3 is 2. The highest BCUT2D eigenvalue weighted by molar-refractivity contribution is 5.73. The SMILES string of the molecule is COc1ccc2c(c1)OC1=C(C=CC(CN)(OC)C1)C2(C)C.O=C(O)C(F)(F)F. The number of alkyl halides is 3. The number of carboxylic acid groups (broad SMARTS) is 1. The number of fused-ring (bicyclic) bond motifs is 1. The molecule has 0 radical (unpaired) electrons. The van der Waals surface area contributed by atoms with Gasteiger partial charge in [0, 0.05) is 42.7 Å². The molecule has 0 amide bonds. The minimum atomic E-state index is -5.08. The van der Waals surface area contributed by atoms with E-state index in [9.17, 15) is 13.2 Å². The van der Waals surface area contributed by atoms with E-state index in [0.717, 1.165) is 22.8 Å². The van der Waals surface area contributed by atoms with Gasteiger partial charge in [0.05, 0.1) is 7.11 Å². The van der Waals surface area contributed by atoms with Crippen LogP contribution in [-0.2, 0) is 14.9 Å². The first kappa shape index (κ1) is 22.8. The molecule has 9 heteroatoms. The number of rotatable bonds is 3. The summed E-state index contributed by atoms with van der Waals surface area (Å²) >= 11 is 0. The lowest BCUT2D eigenvalue weighted by molar-refractivity contribution is -0.192.